The number of aromatic nitrogens is 2. The van der Waals surface area contributed by atoms with E-state index in [1.54, 1.807) is 11.1 Å². The minimum Gasteiger partial charge on any atom is -0.344 e. The lowest BCUT2D eigenvalue weighted by Gasteiger charge is -2.15. The Balaban J connectivity index is 2.64. The molecule has 0 N–H and O–H groups in total. The smallest absolute Gasteiger partial charge is 0.242 e. The SMILES string of the molecule is CCc1nccn1CC(=O)N(C)CC. The summed E-state index contributed by atoms with van der Waals surface area (Å²) in [6, 6.07) is 0. The topological polar surface area (TPSA) is 38.1 Å². The molecule has 0 aliphatic heterocycles. The van der Waals surface area contributed by atoms with Gasteiger partial charge in [0.25, 0.3) is 0 Å². The zero-order valence-electron chi connectivity index (χ0n) is 9.03. The first-order valence-corrected chi connectivity index (χ1v) is 4.93. The molecule has 0 unspecified atom stereocenters. The van der Waals surface area contributed by atoms with E-state index >= 15 is 0 Å². The number of rotatable bonds is 4. The lowest BCUT2D eigenvalue weighted by molar-refractivity contribution is -0.130. The minimum absolute atomic E-state index is 0.125. The summed E-state index contributed by atoms with van der Waals surface area (Å²) in [4.78, 5) is 17.5. The van der Waals surface area contributed by atoms with Crippen LogP contribution in [0, 0.1) is 0 Å². The monoisotopic (exact) mass is 195 g/mol. The molecule has 14 heavy (non-hydrogen) atoms. The van der Waals surface area contributed by atoms with Gasteiger partial charge in [0.05, 0.1) is 0 Å². The second-order valence-corrected chi connectivity index (χ2v) is 3.23. The van der Waals surface area contributed by atoms with Crippen LogP contribution in [0.3, 0.4) is 0 Å². The van der Waals surface area contributed by atoms with Crippen molar-refractivity contribution < 1.29 is 4.79 Å². The van der Waals surface area contributed by atoms with Crippen molar-refractivity contribution in [1.29, 1.82) is 0 Å². The molecule has 0 aliphatic carbocycles. The van der Waals surface area contributed by atoms with Gasteiger partial charge in [-0.1, -0.05) is 6.92 Å². The fourth-order valence-electron chi connectivity index (χ4n) is 1.24. The van der Waals surface area contributed by atoms with Crippen LogP contribution >= 0.6 is 0 Å². The highest BCUT2D eigenvalue weighted by molar-refractivity contribution is 5.75. The maximum atomic E-state index is 11.6. The van der Waals surface area contributed by atoms with E-state index in [1.165, 1.54) is 0 Å². The van der Waals surface area contributed by atoms with E-state index in [9.17, 15) is 4.79 Å². The van der Waals surface area contributed by atoms with Gasteiger partial charge in [-0.3, -0.25) is 4.79 Å². The number of likely N-dealkylation sites (N-methyl/N-ethyl adjacent to an activating group) is 1. The Morgan fingerprint density at radius 1 is 1.57 bits per heavy atom. The van der Waals surface area contributed by atoms with Gasteiger partial charge in [-0.15, -0.1) is 0 Å². The van der Waals surface area contributed by atoms with Gasteiger partial charge in [0.15, 0.2) is 0 Å². The standard InChI is InChI=1S/C10H17N3O/c1-4-9-11-6-7-13(9)8-10(14)12(3)5-2/h6-7H,4-5,8H2,1-3H3. The van der Waals surface area contributed by atoms with Crippen LogP contribution in [0.15, 0.2) is 12.4 Å². The highest BCUT2D eigenvalue weighted by atomic mass is 16.2. The maximum absolute atomic E-state index is 11.6. The first-order valence-electron chi connectivity index (χ1n) is 4.93. The second-order valence-electron chi connectivity index (χ2n) is 3.23. The van der Waals surface area contributed by atoms with Crippen LogP contribution < -0.4 is 0 Å². The number of amides is 1. The van der Waals surface area contributed by atoms with Gasteiger partial charge in [0, 0.05) is 32.4 Å². The molecule has 1 aromatic heterocycles. The van der Waals surface area contributed by atoms with Crippen LogP contribution in [0.1, 0.15) is 19.7 Å². The maximum Gasteiger partial charge on any atom is 0.242 e. The summed E-state index contributed by atoms with van der Waals surface area (Å²) in [5.41, 5.74) is 0. The normalized spacial score (nSPS) is 10.2. The Bertz CT molecular complexity index is 306. The van der Waals surface area contributed by atoms with Crippen molar-refractivity contribution in [3.63, 3.8) is 0 Å². The molecule has 1 aromatic rings. The predicted octanol–water partition coefficient (Wildman–Crippen LogP) is 0.924. The van der Waals surface area contributed by atoms with E-state index in [-0.39, 0.29) is 5.91 Å². The average Bonchev–Trinajstić information content (AvgIpc) is 2.63. The predicted molar refractivity (Wildman–Crippen MR) is 54.9 cm³/mol. The van der Waals surface area contributed by atoms with Gasteiger partial charge in [-0.05, 0) is 6.92 Å². The first kappa shape index (κ1) is 10.8. The van der Waals surface area contributed by atoms with Crippen molar-refractivity contribution >= 4 is 5.91 Å². The summed E-state index contributed by atoms with van der Waals surface area (Å²) in [6.07, 6.45) is 4.44. The molecule has 0 bridgehead atoms. The minimum atomic E-state index is 0.125. The zero-order valence-corrected chi connectivity index (χ0v) is 9.03. The number of imidazole rings is 1. The van der Waals surface area contributed by atoms with E-state index < -0.39 is 0 Å². The Kier molecular flexibility index (Phi) is 3.68. The molecule has 0 fully saturated rings. The Morgan fingerprint density at radius 2 is 2.29 bits per heavy atom. The van der Waals surface area contributed by atoms with Gasteiger partial charge >= 0.3 is 0 Å². The zero-order chi connectivity index (χ0) is 10.6. The third kappa shape index (κ3) is 2.34. The van der Waals surface area contributed by atoms with Gasteiger partial charge in [0.1, 0.15) is 12.4 Å². The van der Waals surface area contributed by atoms with Crippen LogP contribution in [-0.2, 0) is 17.8 Å². The van der Waals surface area contributed by atoms with Gasteiger partial charge in [-0.25, -0.2) is 4.98 Å². The Labute approximate surface area is 84.5 Å². The number of carbonyl (C=O) groups is 1. The highest BCUT2D eigenvalue weighted by Crippen LogP contribution is 1.99. The van der Waals surface area contributed by atoms with E-state index in [2.05, 4.69) is 4.98 Å². The summed E-state index contributed by atoms with van der Waals surface area (Å²) >= 11 is 0. The highest BCUT2D eigenvalue weighted by Gasteiger charge is 2.09. The average molecular weight is 195 g/mol. The fraction of sp³-hybridized carbons (Fsp3) is 0.600. The third-order valence-electron chi connectivity index (χ3n) is 2.32. The molecule has 0 aliphatic rings. The molecule has 4 heteroatoms. The second kappa shape index (κ2) is 4.79. The van der Waals surface area contributed by atoms with Crippen molar-refractivity contribution in [1.82, 2.24) is 14.5 Å². The molecule has 1 amide bonds. The number of aryl methyl sites for hydroxylation is 1. The van der Waals surface area contributed by atoms with Crippen molar-refractivity contribution in [2.45, 2.75) is 26.8 Å². The van der Waals surface area contributed by atoms with Crippen molar-refractivity contribution in [2.75, 3.05) is 13.6 Å². The van der Waals surface area contributed by atoms with E-state index in [0.29, 0.717) is 6.54 Å². The van der Waals surface area contributed by atoms with Gasteiger partial charge in [-0.2, -0.15) is 0 Å². The lowest BCUT2D eigenvalue weighted by atomic mass is 10.4. The molecule has 0 spiro atoms. The Morgan fingerprint density at radius 3 is 2.86 bits per heavy atom. The summed E-state index contributed by atoms with van der Waals surface area (Å²) < 4.78 is 1.90. The summed E-state index contributed by atoms with van der Waals surface area (Å²) in [5.74, 6) is 1.09. The molecule has 0 radical (unpaired) electrons. The quantitative estimate of drug-likeness (QED) is 0.716. The van der Waals surface area contributed by atoms with Crippen LogP contribution in [0.2, 0.25) is 0 Å². The fourth-order valence-corrected chi connectivity index (χ4v) is 1.24. The molecule has 78 valence electrons. The number of carbonyl (C=O) groups excluding carboxylic acids is 1. The van der Waals surface area contributed by atoms with Crippen molar-refractivity contribution in [2.24, 2.45) is 0 Å². The summed E-state index contributed by atoms with van der Waals surface area (Å²) in [5, 5.41) is 0. The molecule has 4 nitrogen and oxygen atoms in total. The largest absolute Gasteiger partial charge is 0.344 e. The van der Waals surface area contributed by atoms with E-state index in [1.807, 2.05) is 31.7 Å². The van der Waals surface area contributed by atoms with Crippen LogP contribution in [0.25, 0.3) is 0 Å². The summed E-state index contributed by atoms with van der Waals surface area (Å²) in [7, 11) is 1.81. The molecule has 0 aromatic carbocycles. The molecule has 1 heterocycles. The molecular weight excluding hydrogens is 178 g/mol. The van der Waals surface area contributed by atoms with Gasteiger partial charge in [0.2, 0.25) is 5.91 Å². The van der Waals surface area contributed by atoms with Crippen molar-refractivity contribution in [3.05, 3.63) is 18.2 Å². The van der Waals surface area contributed by atoms with E-state index in [0.717, 1.165) is 18.8 Å². The molecule has 0 saturated carbocycles. The van der Waals surface area contributed by atoms with Gasteiger partial charge < -0.3 is 9.47 Å². The molecule has 0 atom stereocenters. The molecular formula is C10H17N3O. The van der Waals surface area contributed by atoms with Crippen LogP contribution in [0.4, 0.5) is 0 Å². The lowest BCUT2D eigenvalue weighted by Crippen LogP contribution is -2.30. The van der Waals surface area contributed by atoms with E-state index in [4.69, 9.17) is 0 Å². The molecule has 0 saturated heterocycles. The molecule has 1 rings (SSSR count). The number of hydrogen-bond donors (Lipinski definition) is 0. The summed E-state index contributed by atoms with van der Waals surface area (Å²) in [6.45, 7) is 5.14. The third-order valence-corrected chi connectivity index (χ3v) is 2.32. The first-order chi connectivity index (χ1) is 6.69. The Hall–Kier alpha value is -1.32. The van der Waals surface area contributed by atoms with Crippen LogP contribution in [-0.4, -0.2) is 34.0 Å². The number of hydrogen-bond acceptors (Lipinski definition) is 2. The van der Waals surface area contributed by atoms with Crippen LogP contribution in [0.5, 0.6) is 0 Å². The van der Waals surface area contributed by atoms with Crippen molar-refractivity contribution in [3.8, 4) is 0 Å². The number of nitrogens with zero attached hydrogens (tertiary/aromatic N) is 3.